The minimum Gasteiger partial charge on any atom is -0.378 e. The number of rotatable bonds is 4. The molecule has 0 bridgehead atoms. The van der Waals surface area contributed by atoms with Gasteiger partial charge in [-0.15, -0.1) is 0 Å². The molecule has 0 saturated carbocycles. The number of nitrogens with zero attached hydrogens (tertiary/aromatic N) is 2. The topological polar surface area (TPSA) is 98.1 Å². The molecule has 2 rings (SSSR count). The molecule has 1 N–H and O–H groups in total. The zero-order chi connectivity index (χ0) is 14.7. The maximum absolute atomic E-state index is 11.6. The maximum atomic E-state index is 11.6. The van der Waals surface area contributed by atoms with Gasteiger partial charge in [0.1, 0.15) is 5.82 Å². The summed E-state index contributed by atoms with van der Waals surface area (Å²) >= 11 is 0. The number of nitrogens with one attached hydrogen (secondary N) is 1. The summed E-state index contributed by atoms with van der Waals surface area (Å²) in [6, 6.07) is 5.76. The van der Waals surface area contributed by atoms with Crippen LogP contribution in [0, 0.1) is 17.0 Å². The highest BCUT2D eigenvalue weighted by molar-refractivity contribution is 5.63. The second kappa shape index (κ2) is 5.62. The van der Waals surface area contributed by atoms with Crippen molar-refractivity contribution in [3.8, 4) is 11.4 Å². The summed E-state index contributed by atoms with van der Waals surface area (Å²) in [4.78, 5) is 28.8. The van der Waals surface area contributed by atoms with E-state index in [2.05, 4.69) is 9.97 Å². The van der Waals surface area contributed by atoms with Gasteiger partial charge in [0, 0.05) is 30.9 Å². The summed E-state index contributed by atoms with van der Waals surface area (Å²) in [5.74, 6) is 0.297. The van der Waals surface area contributed by atoms with Gasteiger partial charge < -0.3 is 9.72 Å². The number of hydrogen-bond acceptors (Lipinski definition) is 5. The van der Waals surface area contributed by atoms with Gasteiger partial charge in [-0.05, 0) is 12.5 Å². The summed E-state index contributed by atoms with van der Waals surface area (Å²) in [7, 11) is 1.50. The van der Waals surface area contributed by atoms with Crippen molar-refractivity contribution >= 4 is 5.69 Å². The summed E-state index contributed by atoms with van der Waals surface area (Å²) in [5, 5.41) is 10.8. The van der Waals surface area contributed by atoms with Crippen LogP contribution in [0.5, 0.6) is 0 Å². The Bertz CT molecular complexity index is 709. The molecular weight excluding hydrogens is 262 g/mol. The molecule has 0 fully saturated rings. The highest BCUT2D eigenvalue weighted by Gasteiger charge is 2.12. The number of H-pyrrole nitrogens is 1. The molecule has 1 aromatic carbocycles. The quantitative estimate of drug-likeness (QED) is 0.677. The van der Waals surface area contributed by atoms with Crippen molar-refractivity contribution in [3.05, 3.63) is 56.0 Å². The molecule has 0 saturated heterocycles. The fourth-order valence-corrected chi connectivity index (χ4v) is 1.84. The first-order valence-corrected chi connectivity index (χ1v) is 5.86. The summed E-state index contributed by atoms with van der Waals surface area (Å²) in [6.45, 7) is 1.99. The molecule has 1 aromatic heterocycles. The normalized spacial score (nSPS) is 10.5. The molecule has 0 spiro atoms. The first kappa shape index (κ1) is 13.9. The molecule has 0 aliphatic heterocycles. The van der Waals surface area contributed by atoms with Crippen molar-refractivity contribution in [2.75, 3.05) is 7.11 Å². The molecular formula is C13H13N3O4. The van der Waals surface area contributed by atoms with Gasteiger partial charge in [-0.2, -0.15) is 0 Å². The fraction of sp³-hybridized carbons (Fsp3) is 0.231. The Morgan fingerprint density at radius 3 is 2.80 bits per heavy atom. The van der Waals surface area contributed by atoms with Gasteiger partial charge in [-0.25, -0.2) is 4.98 Å². The Labute approximate surface area is 114 Å². The first-order valence-electron chi connectivity index (χ1n) is 5.86. The third kappa shape index (κ3) is 2.89. The molecule has 20 heavy (non-hydrogen) atoms. The molecule has 7 nitrogen and oxygen atoms in total. The van der Waals surface area contributed by atoms with Crippen LogP contribution in [0.15, 0.2) is 29.1 Å². The van der Waals surface area contributed by atoms with Crippen LogP contribution in [0.4, 0.5) is 5.69 Å². The standard InChI is InChI=1S/C13H13N3O4/c1-8-3-4-10(16(18)19)6-11(8)13-14-9(7-20-2)5-12(17)15-13/h3-6H,7H2,1-2H3,(H,14,15,17). The Hall–Kier alpha value is -2.54. The van der Waals surface area contributed by atoms with E-state index in [0.29, 0.717) is 17.1 Å². The van der Waals surface area contributed by atoms with Crippen molar-refractivity contribution < 1.29 is 9.66 Å². The van der Waals surface area contributed by atoms with Crippen LogP contribution in [0.2, 0.25) is 0 Å². The van der Waals surface area contributed by atoms with Crippen LogP contribution in [0.25, 0.3) is 11.4 Å². The zero-order valence-corrected chi connectivity index (χ0v) is 11.0. The molecule has 1 heterocycles. The summed E-state index contributed by atoms with van der Waals surface area (Å²) in [5.41, 5.74) is 1.40. The number of nitro benzene ring substituents is 1. The van der Waals surface area contributed by atoms with Gasteiger partial charge in [0.2, 0.25) is 0 Å². The molecule has 0 unspecified atom stereocenters. The Morgan fingerprint density at radius 2 is 2.15 bits per heavy atom. The van der Waals surface area contributed by atoms with E-state index in [9.17, 15) is 14.9 Å². The Balaban J connectivity index is 2.58. The second-order valence-corrected chi connectivity index (χ2v) is 4.27. The molecule has 104 valence electrons. The zero-order valence-electron chi connectivity index (χ0n) is 11.0. The monoisotopic (exact) mass is 275 g/mol. The lowest BCUT2D eigenvalue weighted by Crippen LogP contribution is -2.11. The minimum atomic E-state index is -0.486. The number of nitro groups is 1. The van der Waals surface area contributed by atoms with E-state index in [1.165, 1.54) is 25.3 Å². The van der Waals surface area contributed by atoms with Crippen LogP contribution in [0.1, 0.15) is 11.3 Å². The highest BCUT2D eigenvalue weighted by atomic mass is 16.6. The average molecular weight is 275 g/mol. The molecule has 0 amide bonds. The van der Waals surface area contributed by atoms with Crippen molar-refractivity contribution in [2.45, 2.75) is 13.5 Å². The van der Waals surface area contributed by atoms with Crippen molar-refractivity contribution in [2.24, 2.45) is 0 Å². The van der Waals surface area contributed by atoms with Gasteiger partial charge in [-0.1, -0.05) is 6.07 Å². The third-order valence-corrected chi connectivity index (χ3v) is 2.77. The van der Waals surface area contributed by atoms with E-state index in [1.807, 2.05) is 0 Å². The molecule has 0 atom stereocenters. The number of benzene rings is 1. The molecule has 0 radical (unpaired) electrons. The summed E-state index contributed by atoms with van der Waals surface area (Å²) in [6.07, 6.45) is 0. The number of aromatic amines is 1. The average Bonchev–Trinajstić information content (AvgIpc) is 2.38. The molecule has 2 aromatic rings. The van der Waals surface area contributed by atoms with E-state index < -0.39 is 4.92 Å². The predicted octanol–water partition coefficient (Wildman–Crippen LogP) is 1.80. The summed E-state index contributed by atoms with van der Waals surface area (Å²) < 4.78 is 4.94. The SMILES string of the molecule is COCc1cc(=O)[nH]c(-c2cc([N+](=O)[O-])ccc2C)n1. The van der Waals surface area contributed by atoms with Crippen molar-refractivity contribution in [3.63, 3.8) is 0 Å². The number of hydrogen-bond donors (Lipinski definition) is 1. The van der Waals surface area contributed by atoms with Gasteiger partial charge >= 0.3 is 0 Å². The van der Waals surface area contributed by atoms with E-state index in [-0.39, 0.29) is 17.9 Å². The van der Waals surface area contributed by atoms with Crippen LogP contribution in [-0.2, 0) is 11.3 Å². The lowest BCUT2D eigenvalue weighted by molar-refractivity contribution is -0.384. The number of aryl methyl sites for hydroxylation is 1. The van der Waals surface area contributed by atoms with Crippen molar-refractivity contribution in [1.29, 1.82) is 0 Å². The van der Waals surface area contributed by atoms with Gasteiger partial charge in [0.05, 0.1) is 17.2 Å². The predicted molar refractivity (Wildman–Crippen MR) is 72.4 cm³/mol. The van der Waals surface area contributed by atoms with E-state index in [4.69, 9.17) is 4.74 Å². The Kier molecular flexibility index (Phi) is 3.90. The number of aromatic nitrogens is 2. The van der Waals surface area contributed by atoms with Gasteiger partial charge in [0.25, 0.3) is 11.2 Å². The lowest BCUT2D eigenvalue weighted by atomic mass is 10.1. The molecule has 7 heteroatoms. The highest BCUT2D eigenvalue weighted by Crippen LogP contribution is 2.24. The van der Waals surface area contributed by atoms with Crippen LogP contribution in [0.3, 0.4) is 0 Å². The fourth-order valence-electron chi connectivity index (χ4n) is 1.84. The van der Waals surface area contributed by atoms with Crippen molar-refractivity contribution in [1.82, 2.24) is 9.97 Å². The minimum absolute atomic E-state index is 0.0506. The third-order valence-electron chi connectivity index (χ3n) is 2.77. The van der Waals surface area contributed by atoms with Gasteiger partial charge in [0.15, 0.2) is 0 Å². The van der Waals surface area contributed by atoms with E-state index in [0.717, 1.165) is 5.56 Å². The van der Waals surface area contributed by atoms with Gasteiger partial charge in [-0.3, -0.25) is 14.9 Å². The van der Waals surface area contributed by atoms with E-state index in [1.54, 1.807) is 13.0 Å². The smallest absolute Gasteiger partial charge is 0.270 e. The number of non-ortho nitro benzene ring substituents is 1. The van der Waals surface area contributed by atoms with E-state index >= 15 is 0 Å². The van der Waals surface area contributed by atoms with Crippen LogP contribution < -0.4 is 5.56 Å². The Morgan fingerprint density at radius 1 is 1.40 bits per heavy atom. The van der Waals surface area contributed by atoms with Crippen LogP contribution >= 0.6 is 0 Å². The lowest BCUT2D eigenvalue weighted by Gasteiger charge is -2.06. The molecule has 0 aliphatic rings. The molecule has 0 aliphatic carbocycles. The largest absolute Gasteiger partial charge is 0.378 e. The maximum Gasteiger partial charge on any atom is 0.270 e. The van der Waals surface area contributed by atoms with Crippen LogP contribution in [-0.4, -0.2) is 22.0 Å². The number of ether oxygens (including phenoxy) is 1. The second-order valence-electron chi connectivity index (χ2n) is 4.27. The first-order chi connectivity index (χ1) is 9.51. The number of methoxy groups -OCH3 is 1.